The van der Waals surface area contributed by atoms with Crippen LogP contribution in [0.1, 0.15) is 31.1 Å². The van der Waals surface area contributed by atoms with Crippen LogP contribution in [0, 0.1) is 5.92 Å². The molecule has 1 aliphatic rings. The lowest BCUT2D eigenvalue weighted by Crippen LogP contribution is -2.23. The van der Waals surface area contributed by atoms with Crippen LogP contribution in [0.25, 0.3) is 0 Å². The molecule has 1 saturated heterocycles. The summed E-state index contributed by atoms with van der Waals surface area (Å²) in [5, 5.41) is 0. The summed E-state index contributed by atoms with van der Waals surface area (Å²) in [4.78, 5) is 4.29. The molecule has 1 aromatic heterocycles. The van der Waals surface area contributed by atoms with Crippen molar-refractivity contribution in [2.24, 2.45) is 18.7 Å². The molecule has 84 valence electrons. The number of nitrogens with two attached hydrogens (primary N) is 1. The number of rotatable bonds is 3. The first-order valence-corrected chi connectivity index (χ1v) is 5.58. The minimum Gasteiger partial charge on any atom is -0.381 e. The van der Waals surface area contributed by atoms with Crippen molar-refractivity contribution in [1.82, 2.24) is 9.55 Å². The lowest BCUT2D eigenvalue weighted by Gasteiger charge is -2.24. The van der Waals surface area contributed by atoms with E-state index in [9.17, 15) is 0 Å². The summed E-state index contributed by atoms with van der Waals surface area (Å²) >= 11 is 0. The molecule has 2 rings (SSSR count). The second-order valence-corrected chi connectivity index (χ2v) is 4.29. The second-order valence-electron chi connectivity index (χ2n) is 4.29. The third kappa shape index (κ3) is 2.58. The molecule has 1 fully saturated rings. The van der Waals surface area contributed by atoms with Crippen LogP contribution >= 0.6 is 0 Å². The van der Waals surface area contributed by atoms with Gasteiger partial charge in [-0.3, -0.25) is 0 Å². The number of hydrogen-bond acceptors (Lipinski definition) is 3. The van der Waals surface area contributed by atoms with Gasteiger partial charge in [0.25, 0.3) is 0 Å². The van der Waals surface area contributed by atoms with E-state index in [1.54, 1.807) is 6.20 Å². The summed E-state index contributed by atoms with van der Waals surface area (Å²) in [6, 6.07) is 0.0631. The highest BCUT2D eigenvalue weighted by Crippen LogP contribution is 2.24. The average Bonchev–Trinajstić information content (AvgIpc) is 2.66. The highest BCUT2D eigenvalue weighted by Gasteiger charge is 2.19. The van der Waals surface area contributed by atoms with Gasteiger partial charge in [-0.05, 0) is 25.2 Å². The van der Waals surface area contributed by atoms with E-state index in [2.05, 4.69) is 4.98 Å². The Morgan fingerprint density at radius 3 is 2.93 bits per heavy atom. The highest BCUT2D eigenvalue weighted by atomic mass is 16.5. The zero-order chi connectivity index (χ0) is 10.7. The summed E-state index contributed by atoms with van der Waals surface area (Å²) in [5.41, 5.74) is 6.15. The molecule has 0 radical (unpaired) electrons. The van der Waals surface area contributed by atoms with E-state index >= 15 is 0 Å². The van der Waals surface area contributed by atoms with E-state index < -0.39 is 0 Å². The molecule has 2 N–H and O–H groups in total. The van der Waals surface area contributed by atoms with Gasteiger partial charge >= 0.3 is 0 Å². The molecule has 4 heteroatoms. The SMILES string of the molecule is Cn1ccnc1C(N)CC1CCOCC1. The van der Waals surface area contributed by atoms with Gasteiger partial charge in [-0.15, -0.1) is 0 Å². The van der Waals surface area contributed by atoms with Crippen molar-refractivity contribution in [1.29, 1.82) is 0 Å². The van der Waals surface area contributed by atoms with Crippen LogP contribution in [0.5, 0.6) is 0 Å². The fourth-order valence-corrected chi connectivity index (χ4v) is 2.18. The Morgan fingerprint density at radius 1 is 1.60 bits per heavy atom. The van der Waals surface area contributed by atoms with Crippen LogP contribution < -0.4 is 5.73 Å². The molecule has 1 aromatic rings. The normalized spacial score (nSPS) is 20.4. The molecule has 1 atom stereocenters. The Hall–Kier alpha value is -0.870. The summed E-state index contributed by atoms with van der Waals surface area (Å²) < 4.78 is 7.34. The molecule has 0 spiro atoms. The predicted molar refractivity (Wildman–Crippen MR) is 58.3 cm³/mol. The lowest BCUT2D eigenvalue weighted by molar-refractivity contribution is 0.0615. The third-order valence-electron chi connectivity index (χ3n) is 3.12. The summed E-state index contributed by atoms with van der Waals surface area (Å²) in [7, 11) is 1.99. The third-order valence-corrected chi connectivity index (χ3v) is 3.12. The Labute approximate surface area is 90.4 Å². The van der Waals surface area contributed by atoms with Crippen molar-refractivity contribution < 1.29 is 4.74 Å². The topological polar surface area (TPSA) is 53.1 Å². The van der Waals surface area contributed by atoms with Gasteiger partial charge in [0.15, 0.2) is 0 Å². The van der Waals surface area contributed by atoms with Crippen LogP contribution in [0.3, 0.4) is 0 Å². The van der Waals surface area contributed by atoms with Crippen molar-refractivity contribution >= 4 is 0 Å². The summed E-state index contributed by atoms with van der Waals surface area (Å²) in [6.45, 7) is 1.77. The van der Waals surface area contributed by atoms with Gasteiger partial charge in [0.2, 0.25) is 0 Å². The smallest absolute Gasteiger partial charge is 0.125 e. The Bertz CT molecular complexity index is 305. The molecular formula is C11H19N3O. The van der Waals surface area contributed by atoms with Crippen LogP contribution in [-0.4, -0.2) is 22.8 Å². The maximum absolute atomic E-state index is 6.15. The fraction of sp³-hybridized carbons (Fsp3) is 0.727. The number of nitrogens with zero attached hydrogens (tertiary/aromatic N) is 2. The van der Waals surface area contributed by atoms with Crippen molar-refractivity contribution in [3.63, 3.8) is 0 Å². The van der Waals surface area contributed by atoms with Crippen LogP contribution in [-0.2, 0) is 11.8 Å². The van der Waals surface area contributed by atoms with Gasteiger partial charge in [0, 0.05) is 32.7 Å². The van der Waals surface area contributed by atoms with Gasteiger partial charge in [-0.25, -0.2) is 4.98 Å². The van der Waals surface area contributed by atoms with Crippen LogP contribution in [0.4, 0.5) is 0 Å². The van der Waals surface area contributed by atoms with Crippen molar-refractivity contribution in [2.45, 2.75) is 25.3 Å². The first-order chi connectivity index (χ1) is 7.27. The number of ether oxygens (including phenoxy) is 1. The van der Waals surface area contributed by atoms with Gasteiger partial charge in [-0.2, -0.15) is 0 Å². The largest absolute Gasteiger partial charge is 0.381 e. The van der Waals surface area contributed by atoms with E-state index in [4.69, 9.17) is 10.5 Å². The first-order valence-electron chi connectivity index (χ1n) is 5.58. The minimum atomic E-state index is 0.0631. The molecule has 0 aliphatic carbocycles. The fourth-order valence-electron chi connectivity index (χ4n) is 2.18. The van der Waals surface area contributed by atoms with Crippen LogP contribution in [0.2, 0.25) is 0 Å². The monoisotopic (exact) mass is 209 g/mol. The maximum Gasteiger partial charge on any atom is 0.125 e. The molecule has 15 heavy (non-hydrogen) atoms. The van der Waals surface area contributed by atoms with E-state index in [0.717, 1.165) is 38.3 Å². The van der Waals surface area contributed by atoms with Crippen molar-refractivity contribution in [2.75, 3.05) is 13.2 Å². The van der Waals surface area contributed by atoms with E-state index in [1.807, 2.05) is 17.8 Å². The Balaban J connectivity index is 1.91. The standard InChI is InChI=1S/C11H19N3O/c1-14-5-4-13-11(14)10(12)8-9-2-6-15-7-3-9/h4-5,9-10H,2-3,6-8,12H2,1H3. The molecule has 0 saturated carbocycles. The van der Waals surface area contributed by atoms with Gasteiger partial charge in [0.1, 0.15) is 5.82 Å². The molecule has 1 aliphatic heterocycles. The molecule has 1 unspecified atom stereocenters. The number of aryl methyl sites for hydroxylation is 1. The van der Waals surface area contributed by atoms with E-state index in [-0.39, 0.29) is 6.04 Å². The predicted octanol–water partition coefficient (Wildman–Crippen LogP) is 1.24. The van der Waals surface area contributed by atoms with Gasteiger partial charge in [-0.1, -0.05) is 0 Å². The van der Waals surface area contributed by atoms with Gasteiger partial charge < -0.3 is 15.0 Å². The minimum absolute atomic E-state index is 0.0631. The first kappa shape index (κ1) is 10.6. The average molecular weight is 209 g/mol. The van der Waals surface area contributed by atoms with Crippen molar-refractivity contribution in [3.05, 3.63) is 18.2 Å². The second kappa shape index (κ2) is 4.77. The number of aromatic nitrogens is 2. The zero-order valence-electron chi connectivity index (χ0n) is 9.22. The number of hydrogen-bond donors (Lipinski definition) is 1. The lowest BCUT2D eigenvalue weighted by atomic mass is 9.92. The molecule has 0 aromatic carbocycles. The van der Waals surface area contributed by atoms with Crippen molar-refractivity contribution in [3.8, 4) is 0 Å². The summed E-state index contributed by atoms with van der Waals surface area (Å²) in [6.07, 6.45) is 7.04. The van der Waals surface area contributed by atoms with Crippen LogP contribution in [0.15, 0.2) is 12.4 Å². The van der Waals surface area contributed by atoms with E-state index in [0.29, 0.717) is 5.92 Å². The van der Waals surface area contributed by atoms with E-state index in [1.165, 1.54) is 0 Å². The molecule has 2 heterocycles. The Kier molecular flexibility index (Phi) is 3.38. The number of imidazole rings is 1. The molecule has 0 bridgehead atoms. The molecule has 4 nitrogen and oxygen atoms in total. The van der Waals surface area contributed by atoms with Gasteiger partial charge in [0.05, 0.1) is 6.04 Å². The zero-order valence-corrected chi connectivity index (χ0v) is 9.22. The quantitative estimate of drug-likeness (QED) is 0.814. The Morgan fingerprint density at radius 2 is 2.33 bits per heavy atom. The molecule has 0 amide bonds. The molecular weight excluding hydrogens is 190 g/mol. The highest BCUT2D eigenvalue weighted by molar-refractivity contribution is 4.98. The summed E-state index contributed by atoms with van der Waals surface area (Å²) in [5.74, 6) is 1.69. The maximum atomic E-state index is 6.15.